The average Bonchev–Trinajstić information content (AvgIpc) is 2.42. The number of carbonyl (C=O) groups excluding carboxylic acids is 1. The van der Waals surface area contributed by atoms with Gasteiger partial charge in [0.05, 0.1) is 10.7 Å². The Kier molecular flexibility index (Phi) is 4.62. The first kappa shape index (κ1) is 15.5. The van der Waals surface area contributed by atoms with Crippen molar-refractivity contribution < 1.29 is 19.2 Å². The van der Waals surface area contributed by atoms with E-state index in [1.807, 2.05) is 0 Å². The number of carbonyl (C=O) groups is 1. The van der Waals surface area contributed by atoms with Crippen LogP contribution in [0.5, 0.6) is 0 Å². The van der Waals surface area contributed by atoms with E-state index in [0.29, 0.717) is 10.7 Å². The summed E-state index contributed by atoms with van der Waals surface area (Å²) in [4.78, 5) is 12.1. The van der Waals surface area contributed by atoms with Gasteiger partial charge in [0.1, 0.15) is 5.82 Å². The number of nitrogens with one attached hydrogen (secondary N) is 1. The van der Waals surface area contributed by atoms with E-state index in [0.717, 1.165) is 17.7 Å². The lowest BCUT2D eigenvalue weighted by Crippen LogP contribution is -2.31. The molecular formula is C14H12BClFNO3. The standard InChI is InChI=1S/C14H12BClFNO3/c1-8-3-2-4-12(16)13(8)18-14(19)9-5-10(15(20)21)7-11(17)6-9/h2-7,20-21H,1H3,(H,18,19). The molecule has 7 heteroatoms. The van der Waals surface area contributed by atoms with Crippen molar-refractivity contribution in [2.45, 2.75) is 6.92 Å². The Morgan fingerprint density at radius 3 is 2.62 bits per heavy atom. The molecule has 0 bridgehead atoms. The van der Waals surface area contributed by atoms with E-state index in [1.165, 1.54) is 6.07 Å². The van der Waals surface area contributed by atoms with Crippen molar-refractivity contribution in [2.75, 3.05) is 5.32 Å². The van der Waals surface area contributed by atoms with Crippen LogP contribution < -0.4 is 10.8 Å². The Hall–Kier alpha value is -1.89. The predicted octanol–water partition coefficient (Wildman–Crippen LogP) is 1.72. The largest absolute Gasteiger partial charge is 0.488 e. The SMILES string of the molecule is Cc1cccc(Cl)c1NC(=O)c1cc(F)cc(B(O)O)c1. The third-order valence-electron chi connectivity index (χ3n) is 2.94. The summed E-state index contributed by atoms with van der Waals surface area (Å²) in [6.07, 6.45) is 0. The number of hydrogen-bond donors (Lipinski definition) is 3. The normalized spacial score (nSPS) is 10.3. The van der Waals surface area contributed by atoms with Crippen molar-refractivity contribution in [3.8, 4) is 0 Å². The van der Waals surface area contributed by atoms with E-state index >= 15 is 0 Å². The lowest BCUT2D eigenvalue weighted by molar-refractivity contribution is 0.102. The molecule has 2 aromatic carbocycles. The molecule has 108 valence electrons. The molecule has 3 N–H and O–H groups in total. The highest BCUT2D eigenvalue weighted by Crippen LogP contribution is 2.25. The van der Waals surface area contributed by atoms with Crippen LogP contribution in [0.2, 0.25) is 5.02 Å². The van der Waals surface area contributed by atoms with Gasteiger partial charge in [0.2, 0.25) is 0 Å². The summed E-state index contributed by atoms with van der Waals surface area (Å²) in [5.41, 5.74) is 1.06. The van der Waals surface area contributed by atoms with E-state index in [1.54, 1.807) is 25.1 Å². The summed E-state index contributed by atoms with van der Waals surface area (Å²) < 4.78 is 13.4. The lowest BCUT2D eigenvalue weighted by atomic mass is 9.79. The van der Waals surface area contributed by atoms with Gasteiger partial charge in [0.15, 0.2) is 0 Å². The van der Waals surface area contributed by atoms with Gasteiger partial charge < -0.3 is 15.4 Å². The maximum atomic E-state index is 13.4. The second-order valence-corrected chi connectivity index (χ2v) is 4.94. The average molecular weight is 308 g/mol. The summed E-state index contributed by atoms with van der Waals surface area (Å²) in [6.45, 7) is 1.77. The van der Waals surface area contributed by atoms with Crippen molar-refractivity contribution in [1.29, 1.82) is 0 Å². The molecule has 0 atom stereocenters. The van der Waals surface area contributed by atoms with Crippen LogP contribution >= 0.6 is 11.6 Å². The fourth-order valence-corrected chi connectivity index (χ4v) is 2.14. The zero-order valence-corrected chi connectivity index (χ0v) is 11.9. The highest BCUT2D eigenvalue weighted by atomic mass is 35.5. The van der Waals surface area contributed by atoms with Crippen molar-refractivity contribution in [3.63, 3.8) is 0 Å². The summed E-state index contributed by atoms with van der Waals surface area (Å²) in [5.74, 6) is -1.32. The molecule has 0 unspecified atom stereocenters. The predicted molar refractivity (Wildman–Crippen MR) is 80.4 cm³/mol. The van der Waals surface area contributed by atoms with Gasteiger partial charge in [-0.2, -0.15) is 0 Å². The summed E-state index contributed by atoms with van der Waals surface area (Å²) in [5, 5.41) is 21.1. The third kappa shape index (κ3) is 3.61. The molecule has 4 nitrogen and oxygen atoms in total. The van der Waals surface area contributed by atoms with E-state index in [2.05, 4.69) is 5.32 Å². The molecule has 0 radical (unpaired) electrons. The highest BCUT2D eigenvalue weighted by molar-refractivity contribution is 6.58. The Bertz CT molecular complexity index is 674. The minimum atomic E-state index is -1.85. The molecule has 2 aromatic rings. The molecule has 0 aromatic heterocycles. The molecule has 0 fully saturated rings. The van der Waals surface area contributed by atoms with Gasteiger partial charge in [-0.25, -0.2) is 4.39 Å². The van der Waals surface area contributed by atoms with Crippen molar-refractivity contribution in [2.24, 2.45) is 0 Å². The fraction of sp³-hybridized carbons (Fsp3) is 0.0714. The number of benzene rings is 2. The molecule has 0 spiro atoms. The molecule has 0 saturated carbocycles. The fourth-order valence-electron chi connectivity index (χ4n) is 1.87. The number of para-hydroxylation sites is 1. The van der Waals surface area contributed by atoms with Gasteiger partial charge in [0.25, 0.3) is 5.91 Å². The molecule has 0 aliphatic rings. The molecule has 21 heavy (non-hydrogen) atoms. The second kappa shape index (κ2) is 6.26. The summed E-state index contributed by atoms with van der Waals surface area (Å²) >= 11 is 6.01. The van der Waals surface area contributed by atoms with Crippen LogP contribution in [0.25, 0.3) is 0 Å². The van der Waals surface area contributed by atoms with Crippen molar-refractivity contribution >= 4 is 35.8 Å². The Morgan fingerprint density at radius 1 is 1.29 bits per heavy atom. The highest BCUT2D eigenvalue weighted by Gasteiger charge is 2.17. The van der Waals surface area contributed by atoms with Crippen LogP contribution in [0, 0.1) is 12.7 Å². The quantitative estimate of drug-likeness (QED) is 0.756. The topological polar surface area (TPSA) is 69.6 Å². The lowest BCUT2D eigenvalue weighted by Gasteiger charge is -2.11. The Labute approximate surface area is 126 Å². The van der Waals surface area contributed by atoms with E-state index in [9.17, 15) is 9.18 Å². The zero-order chi connectivity index (χ0) is 15.6. The van der Waals surface area contributed by atoms with Crippen LogP contribution in [0.4, 0.5) is 10.1 Å². The maximum Gasteiger partial charge on any atom is 0.488 e. The third-order valence-corrected chi connectivity index (χ3v) is 3.26. The number of aryl methyl sites for hydroxylation is 1. The minimum Gasteiger partial charge on any atom is -0.423 e. The maximum absolute atomic E-state index is 13.4. The van der Waals surface area contributed by atoms with Gasteiger partial charge in [-0.3, -0.25) is 4.79 Å². The molecule has 0 aliphatic carbocycles. The van der Waals surface area contributed by atoms with Gasteiger partial charge >= 0.3 is 7.12 Å². The van der Waals surface area contributed by atoms with Gasteiger partial charge in [-0.15, -0.1) is 0 Å². The first-order valence-corrected chi connectivity index (χ1v) is 6.49. The van der Waals surface area contributed by atoms with Crippen LogP contribution in [0.3, 0.4) is 0 Å². The van der Waals surface area contributed by atoms with Crippen molar-refractivity contribution in [3.05, 3.63) is 58.4 Å². The molecule has 0 aliphatic heterocycles. The van der Waals surface area contributed by atoms with Gasteiger partial charge in [0, 0.05) is 5.56 Å². The number of halogens is 2. The van der Waals surface area contributed by atoms with E-state index in [4.69, 9.17) is 21.6 Å². The second-order valence-electron chi connectivity index (χ2n) is 4.53. The van der Waals surface area contributed by atoms with Crippen LogP contribution in [-0.4, -0.2) is 23.1 Å². The summed E-state index contributed by atoms with van der Waals surface area (Å²) in [6, 6.07) is 8.30. The number of rotatable bonds is 3. The smallest absolute Gasteiger partial charge is 0.423 e. The zero-order valence-electron chi connectivity index (χ0n) is 11.1. The van der Waals surface area contributed by atoms with Gasteiger partial charge in [-0.1, -0.05) is 23.7 Å². The first-order chi connectivity index (χ1) is 9.88. The molecular weight excluding hydrogens is 295 g/mol. The summed E-state index contributed by atoms with van der Waals surface area (Å²) in [7, 11) is -1.85. The number of hydrogen-bond acceptors (Lipinski definition) is 3. The minimum absolute atomic E-state index is 0.0302. The van der Waals surface area contributed by atoms with Crippen molar-refractivity contribution in [1.82, 2.24) is 0 Å². The number of amides is 1. The van der Waals surface area contributed by atoms with Crippen LogP contribution in [0.1, 0.15) is 15.9 Å². The molecule has 2 rings (SSSR count). The van der Waals surface area contributed by atoms with Gasteiger partial charge in [-0.05, 0) is 42.2 Å². The Morgan fingerprint density at radius 2 is 2.00 bits per heavy atom. The van der Waals surface area contributed by atoms with Crippen LogP contribution in [-0.2, 0) is 0 Å². The first-order valence-electron chi connectivity index (χ1n) is 6.11. The molecule has 1 amide bonds. The van der Waals surface area contributed by atoms with Crippen LogP contribution in [0.15, 0.2) is 36.4 Å². The Balaban J connectivity index is 2.33. The van der Waals surface area contributed by atoms with E-state index < -0.39 is 18.8 Å². The monoisotopic (exact) mass is 307 g/mol. The number of anilines is 1. The molecule has 0 saturated heterocycles. The molecule has 0 heterocycles. The van der Waals surface area contributed by atoms with E-state index in [-0.39, 0.29) is 11.0 Å².